The van der Waals surface area contributed by atoms with Gasteiger partial charge in [0.2, 0.25) is 0 Å². The minimum Gasteiger partial charge on any atom is -0.481 e. The first-order valence-corrected chi connectivity index (χ1v) is 9.36. The summed E-state index contributed by atoms with van der Waals surface area (Å²) >= 11 is 6.20. The zero-order valence-corrected chi connectivity index (χ0v) is 16.3. The number of pyridine rings is 1. The Kier molecular flexibility index (Phi) is 5.24. The summed E-state index contributed by atoms with van der Waals surface area (Å²) in [4.78, 5) is 18.3. The van der Waals surface area contributed by atoms with E-state index in [0.717, 1.165) is 54.0 Å². The molecule has 0 saturated carbocycles. The van der Waals surface area contributed by atoms with Gasteiger partial charge >= 0.3 is 5.97 Å². The molecule has 4 nitrogen and oxygen atoms in total. The van der Waals surface area contributed by atoms with Gasteiger partial charge in [-0.15, -0.1) is 0 Å². The molecular weight excluding hydrogens is 348 g/mol. The molecular formula is C21H25ClN2O2. The van der Waals surface area contributed by atoms with Crippen LogP contribution >= 0.6 is 11.6 Å². The molecule has 1 N–H and O–H groups in total. The molecule has 138 valence electrons. The van der Waals surface area contributed by atoms with Crippen LogP contribution in [0.2, 0.25) is 5.02 Å². The maximum Gasteiger partial charge on any atom is 0.307 e. The number of hydrogen-bond acceptors (Lipinski definition) is 3. The lowest BCUT2D eigenvalue weighted by Gasteiger charge is -2.40. The molecule has 0 radical (unpaired) electrons. The standard InChI is InChI=1S/C21H25ClN2O2/c1-14-17(12-19(25)26)20(24-9-7-21(2,3)8-10-24)18(13-23-14)15-5-4-6-16(22)11-15/h4-6,11,13H,7-10,12H2,1-3H3,(H,25,26). The van der Waals surface area contributed by atoms with Crippen molar-refractivity contribution >= 4 is 23.3 Å². The summed E-state index contributed by atoms with van der Waals surface area (Å²) in [6.07, 6.45) is 3.98. The van der Waals surface area contributed by atoms with Crippen LogP contribution in [0.15, 0.2) is 30.5 Å². The minimum atomic E-state index is -0.836. The van der Waals surface area contributed by atoms with Gasteiger partial charge in [-0.05, 0) is 42.9 Å². The van der Waals surface area contributed by atoms with E-state index in [1.165, 1.54) is 0 Å². The van der Waals surface area contributed by atoms with Gasteiger partial charge in [0.15, 0.2) is 0 Å². The Labute approximate surface area is 159 Å². The van der Waals surface area contributed by atoms with Crippen molar-refractivity contribution in [3.63, 3.8) is 0 Å². The largest absolute Gasteiger partial charge is 0.481 e. The molecule has 0 unspecified atom stereocenters. The third-order valence-corrected chi connectivity index (χ3v) is 5.50. The van der Waals surface area contributed by atoms with Gasteiger partial charge in [0, 0.05) is 41.1 Å². The van der Waals surface area contributed by atoms with Crippen molar-refractivity contribution in [3.8, 4) is 11.1 Å². The number of aromatic nitrogens is 1. The van der Waals surface area contributed by atoms with Crippen LogP contribution in [-0.2, 0) is 11.2 Å². The van der Waals surface area contributed by atoms with Crippen molar-refractivity contribution < 1.29 is 9.90 Å². The van der Waals surface area contributed by atoms with Crippen molar-refractivity contribution in [1.29, 1.82) is 0 Å². The predicted octanol–water partition coefficient (Wildman–Crippen LogP) is 4.96. The van der Waals surface area contributed by atoms with Crippen molar-refractivity contribution in [2.24, 2.45) is 5.41 Å². The number of nitrogens with zero attached hydrogens (tertiary/aromatic N) is 2. The van der Waals surface area contributed by atoms with Crippen LogP contribution in [0.25, 0.3) is 11.1 Å². The number of carbonyl (C=O) groups is 1. The van der Waals surface area contributed by atoms with Gasteiger partial charge in [0.25, 0.3) is 0 Å². The van der Waals surface area contributed by atoms with Gasteiger partial charge in [-0.1, -0.05) is 37.6 Å². The van der Waals surface area contributed by atoms with Crippen LogP contribution in [-0.4, -0.2) is 29.1 Å². The van der Waals surface area contributed by atoms with E-state index in [9.17, 15) is 9.90 Å². The van der Waals surface area contributed by atoms with E-state index in [1.54, 1.807) is 0 Å². The molecule has 0 spiro atoms. The molecule has 0 aliphatic carbocycles. The molecule has 2 aromatic rings. The van der Waals surface area contributed by atoms with Crippen molar-refractivity contribution in [3.05, 3.63) is 46.7 Å². The Bertz CT molecular complexity index is 823. The minimum absolute atomic E-state index is 0.0253. The number of carboxylic acids is 1. The normalized spacial score (nSPS) is 16.5. The lowest BCUT2D eigenvalue weighted by atomic mass is 9.82. The average molecular weight is 373 g/mol. The molecule has 1 aliphatic heterocycles. The summed E-state index contributed by atoms with van der Waals surface area (Å²) in [6, 6.07) is 7.67. The van der Waals surface area contributed by atoms with Gasteiger partial charge in [-0.3, -0.25) is 9.78 Å². The predicted molar refractivity (Wildman–Crippen MR) is 106 cm³/mol. The molecule has 0 atom stereocenters. The quantitative estimate of drug-likeness (QED) is 0.823. The lowest BCUT2D eigenvalue weighted by Crippen LogP contribution is -2.38. The molecule has 1 aromatic carbocycles. The fourth-order valence-corrected chi connectivity index (χ4v) is 3.75. The summed E-state index contributed by atoms with van der Waals surface area (Å²) in [5.41, 5.74) is 4.82. The number of rotatable bonds is 4. The van der Waals surface area contributed by atoms with E-state index in [1.807, 2.05) is 37.4 Å². The summed E-state index contributed by atoms with van der Waals surface area (Å²) in [5.74, 6) is -0.836. The Morgan fingerprint density at radius 2 is 2.00 bits per heavy atom. The molecule has 3 rings (SSSR count). The van der Waals surface area contributed by atoms with Gasteiger partial charge in [-0.2, -0.15) is 0 Å². The number of aliphatic carboxylic acids is 1. The molecule has 0 amide bonds. The number of piperidine rings is 1. The highest BCUT2D eigenvalue weighted by Gasteiger charge is 2.29. The number of halogens is 1. The summed E-state index contributed by atoms with van der Waals surface area (Å²) in [7, 11) is 0. The Morgan fingerprint density at radius 3 is 2.62 bits per heavy atom. The van der Waals surface area contributed by atoms with E-state index in [0.29, 0.717) is 10.4 Å². The molecule has 1 aliphatic rings. The first-order valence-electron chi connectivity index (χ1n) is 8.98. The second-order valence-corrected chi connectivity index (χ2v) is 8.25. The maximum atomic E-state index is 11.5. The monoisotopic (exact) mass is 372 g/mol. The smallest absolute Gasteiger partial charge is 0.307 e. The van der Waals surface area contributed by atoms with Gasteiger partial charge in [-0.25, -0.2) is 0 Å². The van der Waals surface area contributed by atoms with E-state index >= 15 is 0 Å². The van der Waals surface area contributed by atoms with Crippen molar-refractivity contribution in [1.82, 2.24) is 4.98 Å². The number of benzene rings is 1. The molecule has 2 heterocycles. The first-order chi connectivity index (χ1) is 12.3. The van der Waals surface area contributed by atoms with Gasteiger partial charge in [0.1, 0.15) is 0 Å². The van der Waals surface area contributed by atoms with E-state index < -0.39 is 5.97 Å². The fraction of sp³-hybridized carbons (Fsp3) is 0.429. The third kappa shape index (κ3) is 4.01. The number of carboxylic acid groups (broad SMARTS) is 1. The molecule has 1 aromatic heterocycles. The van der Waals surface area contributed by atoms with E-state index in [4.69, 9.17) is 11.6 Å². The Morgan fingerprint density at radius 1 is 1.31 bits per heavy atom. The van der Waals surface area contributed by atoms with Crippen LogP contribution in [0, 0.1) is 12.3 Å². The second kappa shape index (κ2) is 7.28. The summed E-state index contributed by atoms with van der Waals surface area (Å²) in [5, 5.41) is 10.1. The van der Waals surface area contributed by atoms with Crippen LogP contribution in [0.3, 0.4) is 0 Å². The van der Waals surface area contributed by atoms with E-state index in [2.05, 4.69) is 23.7 Å². The molecule has 1 fully saturated rings. The lowest BCUT2D eigenvalue weighted by molar-refractivity contribution is -0.136. The second-order valence-electron chi connectivity index (χ2n) is 7.82. The average Bonchev–Trinajstić information content (AvgIpc) is 2.56. The highest BCUT2D eigenvalue weighted by Crippen LogP contribution is 2.40. The van der Waals surface area contributed by atoms with Gasteiger partial charge < -0.3 is 10.0 Å². The number of anilines is 1. The molecule has 26 heavy (non-hydrogen) atoms. The number of hydrogen-bond donors (Lipinski definition) is 1. The zero-order valence-electron chi connectivity index (χ0n) is 15.6. The molecule has 1 saturated heterocycles. The molecule has 5 heteroatoms. The fourth-order valence-electron chi connectivity index (χ4n) is 3.56. The van der Waals surface area contributed by atoms with Crippen molar-refractivity contribution in [2.75, 3.05) is 18.0 Å². The summed E-state index contributed by atoms with van der Waals surface area (Å²) < 4.78 is 0. The highest BCUT2D eigenvalue weighted by atomic mass is 35.5. The maximum absolute atomic E-state index is 11.5. The SMILES string of the molecule is Cc1ncc(-c2cccc(Cl)c2)c(N2CCC(C)(C)CC2)c1CC(=O)O. The van der Waals surface area contributed by atoms with Crippen molar-refractivity contribution in [2.45, 2.75) is 40.0 Å². The van der Waals surface area contributed by atoms with E-state index in [-0.39, 0.29) is 6.42 Å². The van der Waals surface area contributed by atoms with Crippen LogP contribution in [0.4, 0.5) is 5.69 Å². The van der Waals surface area contributed by atoms with Crippen LogP contribution in [0.1, 0.15) is 37.9 Å². The Balaban J connectivity index is 2.14. The van der Waals surface area contributed by atoms with Crippen LogP contribution < -0.4 is 4.90 Å². The van der Waals surface area contributed by atoms with Gasteiger partial charge in [0.05, 0.1) is 12.1 Å². The third-order valence-electron chi connectivity index (χ3n) is 5.26. The highest BCUT2D eigenvalue weighted by molar-refractivity contribution is 6.30. The first kappa shape index (κ1) is 18.7. The Hall–Kier alpha value is -2.07. The topological polar surface area (TPSA) is 53.4 Å². The number of aryl methyl sites for hydroxylation is 1. The zero-order chi connectivity index (χ0) is 18.9. The summed E-state index contributed by atoms with van der Waals surface area (Å²) in [6.45, 7) is 8.29. The van der Waals surface area contributed by atoms with Crippen LogP contribution in [0.5, 0.6) is 0 Å². The molecule has 0 bridgehead atoms.